The van der Waals surface area contributed by atoms with Gasteiger partial charge in [0.05, 0.1) is 21.7 Å². The summed E-state index contributed by atoms with van der Waals surface area (Å²) in [5, 5.41) is 9.21. The number of aromatic amines is 1. The lowest BCUT2D eigenvalue weighted by Gasteiger charge is -2.14. The summed E-state index contributed by atoms with van der Waals surface area (Å²) in [4.78, 5) is 11.9. The number of hydrogen-bond acceptors (Lipinski definition) is 4. The summed E-state index contributed by atoms with van der Waals surface area (Å²) in [5.74, 6) is -0.531. The molecule has 30 heavy (non-hydrogen) atoms. The molecule has 1 aromatic heterocycles. The largest absolute Gasteiger partial charge is 0.416 e. The number of hydrogen-bond donors (Lipinski definition) is 3. The molecule has 1 amide bonds. The second-order valence-electron chi connectivity index (χ2n) is 6.26. The monoisotopic (exact) mass is 438 g/mol. The molecule has 0 atom stereocenters. The summed E-state index contributed by atoms with van der Waals surface area (Å²) in [6.45, 7) is 0.274. The van der Waals surface area contributed by atoms with E-state index in [9.17, 15) is 26.4 Å². The molecule has 3 rings (SSSR count). The van der Waals surface area contributed by atoms with E-state index in [0.717, 1.165) is 23.9 Å². The van der Waals surface area contributed by atoms with E-state index in [1.807, 2.05) is 0 Å². The zero-order valence-electron chi connectivity index (χ0n) is 15.4. The SMILES string of the molecule is O=C(NCCc1ccn[nH]1)c1ccccc1NS(=O)(=O)c1cccc(C(F)(F)F)c1. The van der Waals surface area contributed by atoms with Crippen molar-refractivity contribution < 1.29 is 26.4 Å². The van der Waals surface area contributed by atoms with Crippen LogP contribution < -0.4 is 10.0 Å². The number of anilines is 1. The fourth-order valence-corrected chi connectivity index (χ4v) is 3.77. The van der Waals surface area contributed by atoms with Crippen LogP contribution in [0, 0.1) is 0 Å². The average Bonchev–Trinajstić information content (AvgIpc) is 3.21. The first-order chi connectivity index (χ1) is 14.2. The normalized spacial score (nSPS) is 11.8. The summed E-state index contributed by atoms with van der Waals surface area (Å²) >= 11 is 0. The fraction of sp³-hybridized carbons (Fsp3) is 0.158. The Morgan fingerprint density at radius 1 is 1.07 bits per heavy atom. The van der Waals surface area contributed by atoms with Crippen LogP contribution in [0.1, 0.15) is 21.6 Å². The molecule has 11 heteroatoms. The van der Waals surface area contributed by atoms with Crippen LogP contribution in [0.25, 0.3) is 0 Å². The zero-order chi connectivity index (χ0) is 21.8. The van der Waals surface area contributed by atoms with Gasteiger partial charge in [0, 0.05) is 24.9 Å². The Balaban J connectivity index is 1.77. The molecule has 0 aliphatic carbocycles. The number of rotatable bonds is 7. The Kier molecular flexibility index (Phi) is 6.11. The van der Waals surface area contributed by atoms with E-state index < -0.39 is 32.6 Å². The number of nitrogens with zero attached hydrogens (tertiary/aromatic N) is 1. The lowest BCUT2D eigenvalue weighted by molar-refractivity contribution is -0.137. The van der Waals surface area contributed by atoms with Crippen LogP contribution in [0.15, 0.2) is 65.7 Å². The number of benzene rings is 2. The number of sulfonamides is 1. The molecule has 0 bridgehead atoms. The second-order valence-corrected chi connectivity index (χ2v) is 7.95. The van der Waals surface area contributed by atoms with Crippen LogP contribution in [0.2, 0.25) is 0 Å². The van der Waals surface area contributed by atoms with Crippen molar-refractivity contribution in [1.82, 2.24) is 15.5 Å². The Bertz CT molecular complexity index is 1130. The van der Waals surface area contributed by atoms with E-state index in [0.29, 0.717) is 12.5 Å². The Morgan fingerprint density at radius 2 is 1.83 bits per heavy atom. The van der Waals surface area contributed by atoms with Crippen molar-refractivity contribution in [3.63, 3.8) is 0 Å². The number of para-hydroxylation sites is 1. The molecule has 0 aliphatic rings. The predicted octanol–water partition coefficient (Wildman–Crippen LogP) is 3.20. The number of halogens is 3. The van der Waals surface area contributed by atoms with E-state index in [2.05, 4.69) is 20.2 Å². The highest BCUT2D eigenvalue weighted by molar-refractivity contribution is 7.92. The van der Waals surface area contributed by atoms with E-state index in [1.165, 1.54) is 18.2 Å². The summed E-state index contributed by atoms with van der Waals surface area (Å²) in [5.41, 5.74) is -0.282. The van der Waals surface area contributed by atoms with Gasteiger partial charge in [-0.2, -0.15) is 18.3 Å². The van der Waals surface area contributed by atoms with Crippen molar-refractivity contribution in [2.45, 2.75) is 17.5 Å². The van der Waals surface area contributed by atoms with Gasteiger partial charge in [-0.1, -0.05) is 18.2 Å². The van der Waals surface area contributed by atoms with Crippen LogP contribution >= 0.6 is 0 Å². The van der Waals surface area contributed by atoms with Crippen LogP contribution in [0.4, 0.5) is 18.9 Å². The van der Waals surface area contributed by atoms with Gasteiger partial charge in [-0.3, -0.25) is 14.6 Å². The molecule has 3 N–H and O–H groups in total. The first-order valence-corrected chi connectivity index (χ1v) is 10.2. The Hall–Kier alpha value is -3.34. The number of H-pyrrole nitrogens is 1. The number of amides is 1. The molecule has 0 fully saturated rings. The molecule has 3 aromatic rings. The number of alkyl halides is 3. The summed E-state index contributed by atoms with van der Waals surface area (Å²) in [6.07, 6.45) is -2.61. The lowest BCUT2D eigenvalue weighted by atomic mass is 10.1. The third-order valence-corrected chi connectivity index (χ3v) is 5.49. The summed E-state index contributed by atoms with van der Waals surface area (Å²) in [6, 6.07) is 10.9. The van der Waals surface area contributed by atoms with E-state index in [4.69, 9.17) is 0 Å². The molecule has 0 spiro atoms. The van der Waals surface area contributed by atoms with Crippen molar-refractivity contribution in [3.05, 3.63) is 77.6 Å². The van der Waals surface area contributed by atoms with Gasteiger partial charge in [0.2, 0.25) is 0 Å². The number of carbonyl (C=O) groups excluding carboxylic acids is 1. The molecule has 0 saturated carbocycles. The highest BCUT2D eigenvalue weighted by atomic mass is 32.2. The smallest absolute Gasteiger partial charge is 0.352 e. The molecule has 0 unspecified atom stereocenters. The van der Waals surface area contributed by atoms with Gasteiger partial charge in [-0.25, -0.2) is 8.42 Å². The maximum Gasteiger partial charge on any atom is 0.416 e. The first kappa shape index (κ1) is 21.4. The van der Waals surface area contributed by atoms with Crippen LogP contribution in [-0.4, -0.2) is 31.1 Å². The van der Waals surface area contributed by atoms with Crippen molar-refractivity contribution >= 4 is 21.6 Å². The molecular formula is C19H17F3N4O3S. The molecule has 2 aromatic carbocycles. The van der Waals surface area contributed by atoms with Gasteiger partial charge in [-0.15, -0.1) is 0 Å². The van der Waals surface area contributed by atoms with Crippen LogP contribution in [0.5, 0.6) is 0 Å². The first-order valence-electron chi connectivity index (χ1n) is 8.72. The standard InChI is InChI=1S/C19H17F3N4O3S/c20-19(21,22)13-4-3-5-15(12-13)30(28,29)26-17-7-2-1-6-16(17)18(27)23-10-8-14-9-11-24-25-14/h1-7,9,11-12,26H,8,10H2,(H,23,27)(H,24,25). The maximum atomic E-state index is 12.9. The zero-order valence-corrected chi connectivity index (χ0v) is 16.2. The second kappa shape index (κ2) is 8.57. The predicted molar refractivity (Wildman–Crippen MR) is 103 cm³/mol. The van der Waals surface area contributed by atoms with Gasteiger partial charge in [-0.05, 0) is 36.4 Å². The highest BCUT2D eigenvalue weighted by Gasteiger charge is 2.31. The minimum Gasteiger partial charge on any atom is -0.352 e. The third kappa shape index (κ3) is 5.17. The molecule has 158 valence electrons. The fourth-order valence-electron chi connectivity index (χ4n) is 2.64. The van der Waals surface area contributed by atoms with Crippen molar-refractivity contribution in [1.29, 1.82) is 0 Å². The molecular weight excluding hydrogens is 421 g/mol. The molecule has 1 heterocycles. The van der Waals surface area contributed by atoms with Gasteiger partial charge in [0.25, 0.3) is 15.9 Å². The Morgan fingerprint density at radius 3 is 2.53 bits per heavy atom. The minimum atomic E-state index is -4.68. The highest BCUT2D eigenvalue weighted by Crippen LogP contribution is 2.31. The van der Waals surface area contributed by atoms with Crippen LogP contribution in [0.3, 0.4) is 0 Å². The quantitative estimate of drug-likeness (QED) is 0.527. The molecule has 7 nitrogen and oxygen atoms in total. The number of nitrogens with one attached hydrogen (secondary N) is 3. The van der Waals surface area contributed by atoms with E-state index >= 15 is 0 Å². The topological polar surface area (TPSA) is 104 Å². The Labute approximate surface area is 170 Å². The average molecular weight is 438 g/mol. The van der Waals surface area contributed by atoms with Crippen LogP contribution in [-0.2, 0) is 22.6 Å². The van der Waals surface area contributed by atoms with Gasteiger partial charge < -0.3 is 5.32 Å². The number of carbonyl (C=O) groups is 1. The molecule has 0 saturated heterocycles. The third-order valence-electron chi connectivity index (χ3n) is 4.13. The number of aromatic nitrogens is 2. The van der Waals surface area contributed by atoms with E-state index in [-0.39, 0.29) is 17.8 Å². The van der Waals surface area contributed by atoms with Crippen molar-refractivity contribution in [2.24, 2.45) is 0 Å². The van der Waals surface area contributed by atoms with Gasteiger partial charge >= 0.3 is 6.18 Å². The molecule has 0 aliphatic heterocycles. The summed E-state index contributed by atoms with van der Waals surface area (Å²) in [7, 11) is -4.35. The van der Waals surface area contributed by atoms with Crippen molar-refractivity contribution in [3.8, 4) is 0 Å². The van der Waals surface area contributed by atoms with Gasteiger partial charge in [0.15, 0.2) is 0 Å². The maximum absolute atomic E-state index is 12.9. The van der Waals surface area contributed by atoms with Crippen molar-refractivity contribution in [2.75, 3.05) is 11.3 Å². The molecule has 0 radical (unpaired) electrons. The van der Waals surface area contributed by atoms with E-state index in [1.54, 1.807) is 18.3 Å². The van der Waals surface area contributed by atoms with Gasteiger partial charge in [0.1, 0.15) is 0 Å². The summed E-state index contributed by atoms with van der Waals surface area (Å²) < 4.78 is 66.1. The lowest BCUT2D eigenvalue weighted by Crippen LogP contribution is -2.27. The minimum absolute atomic E-state index is 0.0395.